The number of hydrogen-bond donors (Lipinski definition) is 3. The van der Waals surface area contributed by atoms with E-state index in [1.807, 2.05) is 0 Å². The average molecular weight is 319 g/mol. The van der Waals surface area contributed by atoms with Gasteiger partial charge in [0.2, 0.25) is 0 Å². The average Bonchev–Trinajstić information content (AvgIpc) is 2.57. The lowest BCUT2D eigenvalue weighted by Crippen LogP contribution is -2.38. The molecule has 1 unspecified atom stereocenters. The highest BCUT2D eigenvalue weighted by Gasteiger charge is 2.15. The molecule has 0 bridgehead atoms. The van der Waals surface area contributed by atoms with Crippen LogP contribution >= 0.6 is 0 Å². The Labute approximate surface area is 130 Å². The van der Waals surface area contributed by atoms with Crippen molar-refractivity contribution in [3.8, 4) is 0 Å². The van der Waals surface area contributed by atoms with E-state index in [0.717, 1.165) is 0 Å². The Bertz CT molecular complexity index is 665. The van der Waals surface area contributed by atoms with Crippen LogP contribution in [0.5, 0.6) is 0 Å². The number of carboxylic acids is 2. The third kappa shape index (κ3) is 6.25. The first-order valence-corrected chi connectivity index (χ1v) is 6.20. The Kier molecular flexibility index (Phi) is 6.72. The molecule has 1 atom stereocenters. The first-order chi connectivity index (χ1) is 10.9. The predicted octanol–water partition coefficient (Wildman–Crippen LogP) is -0.146. The number of carbonyl (C=O) groups excluding carboxylic acids is 1. The van der Waals surface area contributed by atoms with Gasteiger partial charge in [-0.15, -0.1) is 0 Å². The molecule has 0 radical (unpaired) electrons. The molecule has 2 aromatic heterocycles. The molecule has 0 aliphatic rings. The fourth-order valence-electron chi connectivity index (χ4n) is 1.16. The number of amides is 1. The number of aromatic nitrogens is 4. The van der Waals surface area contributed by atoms with Gasteiger partial charge in [-0.1, -0.05) is 0 Å². The van der Waals surface area contributed by atoms with Crippen molar-refractivity contribution in [1.82, 2.24) is 25.3 Å². The quantitative estimate of drug-likeness (QED) is 0.697. The highest BCUT2D eigenvalue weighted by molar-refractivity contribution is 5.94. The summed E-state index contributed by atoms with van der Waals surface area (Å²) >= 11 is 0. The summed E-state index contributed by atoms with van der Waals surface area (Å²) in [5.41, 5.74) is 0.0677. The van der Waals surface area contributed by atoms with Crippen molar-refractivity contribution in [3.63, 3.8) is 0 Å². The number of rotatable bonds is 4. The highest BCUT2D eigenvalue weighted by Crippen LogP contribution is 1.91. The van der Waals surface area contributed by atoms with Crippen molar-refractivity contribution in [2.24, 2.45) is 0 Å². The summed E-state index contributed by atoms with van der Waals surface area (Å²) in [6.45, 7) is 1.37. The maximum Gasteiger partial charge on any atom is 0.356 e. The van der Waals surface area contributed by atoms with Crippen LogP contribution < -0.4 is 5.32 Å². The summed E-state index contributed by atoms with van der Waals surface area (Å²) in [5.74, 6) is -2.70. The molecule has 0 saturated heterocycles. The molecule has 0 aromatic carbocycles. The van der Waals surface area contributed by atoms with E-state index in [-0.39, 0.29) is 11.4 Å². The molecule has 120 valence electrons. The first kappa shape index (κ1) is 17.6. The van der Waals surface area contributed by atoms with Crippen LogP contribution in [0.2, 0.25) is 0 Å². The lowest BCUT2D eigenvalue weighted by atomic mass is 10.3. The number of nitrogens with one attached hydrogen (secondary N) is 1. The molecule has 10 heteroatoms. The van der Waals surface area contributed by atoms with Gasteiger partial charge in [0, 0.05) is 24.8 Å². The van der Waals surface area contributed by atoms with E-state index in [0.29, 0.717) is 0 Å². The van der Waals surface area contributed by atoms with Crippen molar-refractivity contribution in [1.29, 1.82) is 0 Å². The van der Waals surface area contributed by atoms with E-state index >= 15 is 0 Å². The molecular formula is C13H13N5O5. The first-order valence-electron chi connectivity index (χ1n) is 6.20. The van der Waals surface area contributed by atoms with Crippen molar-refractivity contribution in [2.45, 2.75) is 13.0 Å². The van der Waals surface area contributed by atoms with Crippen LogP contribution in [0.1, 0.15) is 27.9 Å². The molecule has 0 aliphatic carbocycles. The maximum absolute atomic E-state index is 11.3. The minimum Gasteiger partial charge on any atom is -0.480 e. The smallest absolute Gasteiger partial charge is 0.356 e. The molecule has 1 amide bonds. The third-order valence-corrected chi connectivity index (χ3v) is 2.30. The molecular weight excluding hydrogens is 306 g/mol. The Hall–Kier alpha value is -3.43. The minimum absolute atomic E-state index is 0.0301. The second kappa shape index (κ2) is 8.77. The molecule has 0 spiro atoms. The number of aliphatic carboxylic acids is 1. The molecule has 3 N–H and O–H groups in total. The zero-order chi connectivity index (χ0) is 17.2. The van der Waals surface area contributed by atoms with Gasteiger partial charge in [0.15, 0.2) is 5.69 Å². The van der Waals surface area contributed by atoms with E-state index in [9.17, 15) is 14.4 Å². The molecule has 2 rings (SSSR count). The molecule has 2 heterocycles. The Morgan fingerprint density at radius 3 is 1.83 bits per heavy atom. The van der Waals surface area contributed by atoms with E-state index < -0.39 is 23.9 Å². The number of carboxylic acid groups (broad SMARTS) is 2. The summed E-state index contributed by atoms with van der Waals surface area (Å²) in [7, 11) is 0. The van der Waals surface area contributed by atoms with Crippen molar-refractivity contribution >= 4 is 17.8 Å². The summed E-state index contributed by atoms with van der Waals surface area (Å²) < 4.78 is 0. The second-order valence-electron chi connectivity index (χ2n) is 4.02. The van der Waals surface area contributed by atoms with Crippen LogP contribution in [-0.2, 0) is 4.79 Å². The number of aromatic carboxylic acids is 1. The Morgan fingerprint density at radius 1 is 0.957 bits per heavy atom. The van der Waals surface area contributed by atoms with Crippen LogP contribution in [-0.4, -0.2) is 54.0 Å². The fraction of sp³-hybridized carbons (Fsp3) is 0.154. The maximum atomic E-state index is 11.3. The minimum atomic E-state index is -1.10. The fourth-order valence-corrected chi connectivity index (χ4v) is 1.16. The number of hydrogen-bond acceptors (Lipinski definition) is 7. The van der Waals surface area contributed by atoms with Crippen LogP contribution in [0.25, 0.3) is 0 Å². The molecule has 0 saturated carbocycles. The van der Waals surface area contributed by atoms with Crippen LogP contribution in [0.4, 0.5) is 0 Å². The van der Waals surface area contributed by atoms with Gasteiger partial charge in [0.1, 0.15) is 11.7 Å². The van der Waals surface area contributed by atoms with Gasteiger partial charge < -0.3 is 15.5 Å². The lowest BCUT2D eigenvalue weighted by Gasteiger charge is -2.07. The van der Waals surface area contributed by atoms with Gasteiger partial charge in [-0.05, 0) is 6.92 Å². The Balaban J connectivity index is 0.000000253. The van der Waals surface area contributed by atoms with Crippen molar-refractivity contribution in [2.75, 3.05) is 0 Å². The standard InChI is InChI=1S/C8H9N3O3.C5H4N2O2/c1-5(8(13)14)11-7(12)6-4-9-2-3-10-6;8-5(9)4-3-6-1-2-7-4/h2-5H,1H3,(H,11,12)(H,13,14);1-3H,(H,8,9). The largest absolute Gasteiger partial charge is 0.480 e. The van der Waals surface area contributed by atoms with Gasteiger partial charge in [-0.25, -0.2) is 14.8 Å². The molecule has 2 aromatic rings. The number of nitrogens with zero attached hydrogens (tertiary/aromatic N) is 4. The van der Waals surface area contributed by atoms with Crippen molar-refractivity contribution in [3.05, 3.63) is 48.6 Å². The van der Waals surface area contributed by atoms with E-state index in [1.54, 1.807) is 0 Å². The normalized spacial score (nSPS) is 10.7. The predicted molar refractivity (Wildman–Crippen MR) is 75.6 cm³/mol. The van der Waals surface area contributed by atoms with Gasteiger partial charge in [0.05, 0.1) is 12.4 Å². The highest BCUT2D eigenvalue weighted by atomic mass is 16.4. The SMILES string of the molecule is CC(NC(=O)c1cnccn1)C(=O)O.O=C(O)c1cnccn1. The molecule has 0 fully saturated rings. The Morgan fingerprint density at radius 2 is 1.48 bits per heavy atom. The topological polar surface area (TPSA) is 155 Å². The lowest BCUT2D eigenvalue weighted by molar-refractivity contribution is -0.138. The van der Waals surface area contributed by atoms with Gasteiger partial charge in [-0.2, -0.15) is 0 Å². The van der Waals surface area contributed by atoms with Crippen LogP contribution in [0.3, 0.4) is 0 Å². The van der Waals surface area contributed by atoms with Crippen molar-refractivity contribution < 1.29 is 24.6 Å². The summed E-state index contributed by atoms with van der Waals surface area (Å²) in [6, 6.07) is -0.940. The zero-order valence-electron chi connectivity index (χ0n) is 11.9. The monoisotopic (exact) mass is 319 g/mol. The van der Waals surface area contributed by atoms with Crippen LogP contribution in [0, 0.1) is 0 Å². The second-order valence-corrected chi connectivity index (χ2v) is 4.02. The summed E-state index contributed by atoms with van der Waals surface area (Å²) in [4.78, 5) is 46.3. The van der Waals surface area contributed by atoms with Gasteiger partial charge >= 0.3 is 11.9 Å². The summed E-state index contributed by atoms with van der Waals surface area (Å²) in [6.07, 6.45) is 8.01. The van der Waals surface area contributed by atoms with E-state index in [4.69, 9.17) is 10.2 Å². The molecule has 23 heavy (non-hydrogen) atoms. The van der Waals surface area contributed by atoms with Gasteiger partial charge in [-0.3, -0.25) is 19.6 Å². The van der Waals surface area contributed by atoms with E-state index in [2.05, 4.69) is 25.3 Å². The number of carbonyl (C=O) groups is 3. The molecule has 0 aliphatic heterocycles. The third-order valence-electron chi connectivity index (χ3n) is 2.30. The molecule has 10 nitrogen and oxygen atoms in total. The zero-order valence-corrected chi connectivity index (χ0v) is 11.9. The summed E-state index contributed by atoms with van der Waals surface area (Å²) in [5, 5.41) is 19.1. The van der Waals surface area contributed by atoms with Gasteiger partial charge in [0.25, 0.3) is 5.91 Å². The van der Waals surface area contributed by atoms with E-state index in [1.165, 1.54) is 44.1 Å². The van der Waals surface area contributed by atoms with Crippen LogP contribution in [0.15, 0.2) is 37.2 Å².